The van der Waals surface area contributed by atoms with E-state index in [4.69, 9.17) is 4.74 Å². The highest BCUT2D eigenvalue weighted by atomic mass is 16.5. The topological polar surface area (TPSA) is 106 Å². The Morgan fingerprint density at radius 1 is 1.22 bits per heavy atom. The molecule has 37 heavy (non-hydrogen) atoms. The van der Waals surface area contributed by atoms with Gasteiger partial charge >= 0.3 is 0 Å². The molecule has 9 heteroatoms. The van der Waals surface area contributed by atoms with Crippen LogP contribution in [0.2, 0.25) is 0 Å². The van der Waals surface area contributed by atoms with Crippen molar-refractivity contribution >= 4 is 17.2 Å². The van der Waals surface area contributed by atoms with Gasteiger partial charge in [-0.1, -0.05) is 18.7 Å². The number of hydrogen-bond acceptors (Lipinski definition) is 6. The standard InChI is InChI=1S/C28H26N6O3/c1-4-24(35)10-19-5-6-25(18(2)9-19)28(36)32-8-7-23(17-32)33-16-22(14-30-33)20-11-26(37-3)27-21(12-29)13-31-34(27)15-20/h4-6,9,11,13-16,23H,1,7-8,10,17H2,2-3H3/t23-/m0/s1. The summed E-state index contributed by atoms with van der Waals surface area (Å²) in [6.45, 7) is 6.61. The Hall–Kier alpha value is -4.71. The summed E-state index contributed by atoms with van der Waals surface area (Å²) in [6, 6.07) is 9.60. The van der Waals surface area contributed by atoms with Crippen LogP contribution in [0.4, 0.5) is 0 Å². The number of rotatable bonds is 7. The highest BCUT2D eigenvalue weighted by Gasteiger charge is 2.29. The van der Waals surface area contributed by atoms with Gasteiger partial charge in [0.25, 0.3) is 5.91 Å². The first kappa shape index (κ1) is 24.0. The number of allylic oxidation sites excluding steroid dienone is 1. The molecule has 1 atom stereocenters. The van der Waals surface area contributed by atoms with Crippen LogP contribution in [0.5, 0.6) is 5.75 Å². The molecule has 1 saturated heterocycles. The zero-order valence-electron chi connectivity index (χ0n) is 20.7. The third-order valence-electron chi connectivity index (χ3n) is 6.80. The van der Waals surface area contributed by atoms with Crippen LogP contribution < -0.4 is 4.74 Å². The number of amides is 1. The van der Waals surface area contributed by atoms with Crippen LogP contribution in [0.3, 0.4) is 0 Å². The van der Waals surface area contributed by atoms with Crippen molar-refractivity contribution in [2.75, 3.05) is 20.2 Å². The molecule has 186 valence electrons. The van der Waals surface area contributed by atoms with Crippen molar-refractivity contribution in [2.45, 2.75) is 25.8 Å². The number of ketones is 1. The molecule has 9 nitrogen and oxygen atoms in total. The van der Waals surface area contributed by atoms with E-state index in [9.17, 15) is 14.9 Å². The molecule has 0 N–H and O–H groups in total. The number of carbonyl (C=O) groups excluding carboxylic acids is 2. The third-order valence-corrected chi connectivity index (χ3v) is 6.80. The number of ether oxygens (including phenoxy) is 1. The molecule has 0 saturated carbocycles. The van der Waals surface area contributed by atoms with Crippen LogP contribution in [0.1, 0.15) is 39.5 Å². The zero-order chi connectivity index (χ0) is 26.1. The van der Waals surface area contributed by atoms with Crippen LogP contribution in [-0.4, -0.2) is 56.2 Å². The molecule has 3 aromatic heterocycles. The van der Waals surface area contributed by atoms with Gasteiger partial charge in [0, 0.05) is 48.6 Å². The number of benzene rings is 1. The number of aromatic nitrogens is 4. The number of nitriles is 1. The normalized spacial score (nSPS) is 15.1. The predicted molar refractivity (Wildman–Crippen MR) is 137 cm³/mol. The number of fused-ring (bicyclic) bond motifs is 1. The summed E-state index contributed by atoms with van der Waals surface area (Å²) in [5, 5.41) is 18.2. The van der Waals surface area contributed by atoms with Gasteiger partial charge in [0.15, 0.2) is 5.78 Å². The van der Waals surface area contributed by atoms with E-state index in [2.05, 4.69) is 22.8 Å². The monoisotopic (exact) mass is 494 g/mol. The Balaban J connectivity index is 1.32. The molecule has 1 aromatic carbocycles. The lowest BCUT2D eigenvalue weighted by Crippen LogP contribution is -2.29. The number of methoxy groups -OCH3 is 1. The first-order chi connectivity index (χ1) is 17.9. The van der Waals surface area contributed by atoms with Crippen LogP contribution in [0, 0.1) is 18.3 Å². The molecule has 0 unspecified atom stereocenters. The fraction of sp³-hybridized carbons (Fsp3) is 0.250. The van der Waals surface area contributed by atoms with Crippen molar-refractivity contribution < 1.29 is 14.3 Å². The average molecular weight is 495 g/mol. The van der Waals surface area contributed by atoms with E-state index in [0.29, 0.717) is 35.5 Å². The van der Waals surface area contributed by atoms with Crippen molar-refractivity contribution in [2.24, 2.45) is 0 Å². The van der Waals surface area contributed by atoms with E-state index < -0.39 is 0 Å². The lowest BCUT2D eigenvalue weighted by atomic mass is 10.0. The van der Waals surface area contributed by atoms with Gasteiger partial charge in [0.05, 0.1) is 25.5 Å². The third kappa shape index (κ3) is 4.49. The highest BCUT2D eigenvalue weighted by Crippen LogP contribution is 2.31. The summed E-state index contributed by atoms with van der Waals surface area (Å²) in [6.07, 6.45) is 9.51. The first-order valence-electron chi connectivity index (χ1n) is 12.0. The van der Waals surface area contributed by atoms with Gasteiger partial charge < -0.3 is 9.64 Å². The van der Waals surface area contributed by atoms with Gasteiger partial charge in [-0.05, 0) is 42.7 Å². The van der Waals surface area contributed by atoms with Gasteiger partial charge in [-0.25, -0.2) is 4.52 Å². The van der Waals surface area contributed by atoms with E-state index in [0.717, 1.165) is 28.7 Å². The SMILES string of the molecule is C=CC(=O)Cc1ccc(C(=O)N2CC[C@H](n3cc(-c4cc(OC)c5c(C#N)cnn5c4)cn3)C2)c(C)c1. The van der Waals surface area contributed by atoms with Crippen molar-refractivity contribution in [1.82, 2.24) is 24.3 Å². The molecule has 5 rings (SSSR count). The fourth-order valence-electron chi connectivity index (χ4n) is 4.83. The number of pyridine rings is 1. The van der Waals surface area contributed by atoms with Crippen molar-refractivity contribution in [3.63, 3.8) is 0 Å². The number of aryl methyl sites for hydroxylation is 1. The Morgan fingerprint density at radius 2 is 2.05 bits per heavy atom. The summed E-state index contributed by atoms with van der Waals surface area (Å²) in [4.78, 5) is 26.8. The molecule has 0 radical (unpaired) electrons. The molecule has 0 aliphatic carbocycles. The predicted octanol–water partition coefficient (Wildman–Crippen LogP) is 3.77. The summed E-state index contributed by atoms with van der Waals surface area (Å²) >= 11 is 0. The Kier molecular flexibility index (Phi) is 6.32. The van der Waals surface area contributed by atoms with Gasteiger partial charge in [-0.15, -0.1) is 0 Å². The lowest BCUT2D eigenvalue weighted by molar-refractivity contribution is -0.114. The molecule has 1 fully saturated rings. The van der Waals surface area contributed by atoms with E-state index in [1.165, 1.54) is 12.3 Å². The van der Waals surface area contributed by atoms with Gasteiger partial charge in [-0.3, -0.25) is 14.3 Å². The fourth-order valence-corrected chi connectivity index (χ4v) is 4.83. The smallest absolute Gasteiger partial charge is 0.254 e. The maximum Gasteiger partial charge on any atom is 0.254 e. The Morgan fingerprint density at radius 3 is 2.78 bits per heavy atom. The second-order valence-electron chi connectivity index (χ2n) is 9.16. The minimum atomic E-state index is -0.0469. The summed E-state index contributed by atoms with van der Waals surface area (Å²) < 4.78 is 9.06. The molecule has 4 aromatic rings. The molecular weight excluding hydrogens is 468 g/mol. The number of nitrogens with zero attached hydrogens (tertiary/aromatic N) is 6. The summed E-state index contributed by atoms with van der Waals surface area (Å²) in [7, 11) is 1.57. The molecule has 1 aliphatic rings. The van der Waals surface area contributed by atoms with Crippen LogP contribution in [0.15, 0.2) is 61.7 Å². The van der Waals surface area contributed by atoms with E-state index in [-0.39, 0.29) is 24.2 Å². The molecule has 4 heterocycles. The number of hydrogen-bond donors (Lipinski definition) is 0. The van der Waals surface area contributed by atoms with Crippen molar-refractivity contribution in [3.05, 3.63) is 84.0 Å². The first-order valence-corrected chi connectivity index (χ1v) is 12.0. The largest absolute Gasteiger partial charge is 0.494 e. The Bertz CT molecular complexity index is 1570. The summed E-state index contributed by atoms with van der Waals surface area (Å²) in [5.41, 5.74) is 5.20. The molecule has 1 aliphatic heterocycles. The maximum absolute atomic E-state index is 13.2. The lowest BCUT2D eigenvalue weighted by Gasteiger charge is -2.18. The second kappa shape index (κ2) is 9.74. The minimum Gasteiger partial charge on any atom is -0.494 e. The summed E-state index contributed by atoms with van der Waals surface area (Å²) in [5.74, 6) is 0.498. The second-order valence-corrected chi connectivity index (χ2v) is 9.16. The molecule has 1 amide bonds. The quantitative estimate of drug-likeness (QED) is 0.362. The molecule has 0 bridgehead atoms. The van der Waals surface area contributed by atoms with Crippen molar-refractivity contribution in [1.29, 1.82) is 5.26 Å². The van der Waals surface area contributed by atoms with E-state index >= 15 is 0 Å². The van der Waals surface area contributed by atoms with Gasteiger partial charge in [-0.2, -0.15) is 15.5 Å². The van der Waals surface area contributed by atoms with Gasteiger partial charge in [0.2, 0.25) is 0 Å². The molecule has 0 spiro atoms. The van der Waals surface area contributed by atoms with E-state index in [1.807, 2.05) is 47.1 Å². The van der Waals surface area contributed by atoms with Gasteiger partial charge in [0.1, 0.15) is 22.9 Å². The van der Waals surface area contributed by atoms with Crippen LogP contribution >= 0.6 is 0 Å². The van der Waals surface area contributed by atoms with Crippen molar-refractivity contribution in [3.8, 4) is 22.9 Å². The Labute approximate surface area is 214 Å². The van der Waals surface area contributed by atoms with Crippen LogP contribution in [-0.2, 0) is 11.2 Å². The number of likely N-dealkylation sites (tertiary alicyclic amines) is 1. The average Bonchev–Trinajstić information content (AvgIpc) is 3.67. The minimum absolute atomic E-state index is 0.0175. The van der Waals surface area contributed by atoms with E-state index in [1.54, 1.807) is 23.9 Å². The highest BCUT2D eigenvalue weighted by molar-refractivity contribution is 5.96. The number of carbonyl (C=O) groups is 2. The molecular formula is C28H26N6O3. The zero-order valence-corrected chi connectivity index (χ0v) is 20.7. The van der Waals surface area contributed by atoms with Crippen LogP contribution in [0.25, 0.3) is 16.6 Å². The maximum atomic E-state index is 13.2.